The molecular weight excluding hydrogens is 326 g/mol. The topological polar surface area (TPSA) is 29.1 Å². The van der Waals surface area contributed by atoms with Crippen LogP contribution in [0.15, 0.2) is 40.9 Å². The maximum absolute atomic E-state index is 12.0. The number of alkyl halides is 1. The van der Waals surface area contributed by atoms with Gasteiger partial charge in [0.25, 0.3) is 5.91 Å². The third-order valence-electron chi connectivity index (χ3n) is 2.99. The van der Waals surface area contributed by atoms with Crippen molar-refractivity contribution in [2.75, 3.05) is 6.54 Å². The molecular formula is C15H15BrClNO. The van der Waals surface area contributed by atoms with Gasteiger partial charge in [-0.2, -0.15) is 0 Å². The van der Waals surface area contributed by atoms with Crippen LogP contribution in [0.5, 0.6) is 0 Å². The highest BCUT2D eigenvalue weighted by Crippen LogP contribution is 2.21. The number of fused-ring (bicyclic) bond motifs is 1. The number of nitrogens with one attached hydrogen (secondary N) is 1. The third-order valence-corrected chi connectivity index (χ3v) is 3.95. The molecule has 2 nitrogen and oxygen atoms in total. The second kappa shape index (κ2) is 6.40. The Morgan fingerprint density at radius 1 is 1.26 bits per heavy atom. The monoisotopic (exact) mass is 339 g/mol. The van der Waals surface area contributed by atoms with E-state index in [0.717, 1.165) is 21.7 Å². The number of amides is 1. The van der Waals surface area contributed by atoms with E-state index >= 15 is 0 Å². The maximum atomic E-state index is 12.0. The first kappa shape index (κ1) is 14.4. The zero-order valence-corrected chi connectivity index (χ0v) is 13.0. The van der Waals surface area contributed by atoms with E-state index < -0.39 is 0 Å². The molecule has 4 heteroatoms. The summed E-state index contributed by atoms with van der Waals surface area (Å²) in [5.41, 5.74) is 0.662. The summed E-state index contributed by atoms with van der Waals surface area (Å²) in [4.78, 5) is 12.0. The van der Waals surface area contributed by atoms with Gasteiger partial charge in [0.05, 0.1) is 5.38 Å². The molecule has 19 heavy (non-hydrogen) atoms. The summed E-state index contributed by atoms with van der Waals surface area (Å²) < 4.78 is 1.03. The molecule has 0 heterocycles. The summed E-state index contributed by atoms with van der Waals surface area (Å²) >= 11 is 9.42. The van der Waals surface area contributed by atoms with Crippen LogP contribution in [0.2, 0.25) is 0 Å². The van der Waals surface area contributed by atoms with Crippen molar-refractivity contribution in [3.8, 4) is 0 Å². The van der Waals surface area contributed by atoms with Crippen molar-refractivity contribution in [3.05, 3.63) is 46.4 Å². The first-order chi connectivity index (χ1) is 9.10. The average Bonchev–Trinajstić information content (AvgIpc) is 2.43. The summed E-state index contributed by atoms with van der Waals surface area (Å²) in [6.07, 6.45) is 0.841. The molecule has 0 aromatic heterocycles. The maximum Gasteiger partial charge on any atom is 0.251 e. The van der Waals surface area contributed by atoms with Crippen LogP contribution in [0.3, 0.4) is 0 Å². The van der Waals surface area contributed by atoms with Gasteiger partial charge < -0.3 is 5.32 Å². The smallest absolute Gasteiger partial charge is 0.251 e. The molecule has 1 N–H and O–H groups in total. The summed E-state index contributed by atoms with van der Waals surface area (Å²) in [7, 11) is 0. The number of rotatable bonds is 4. The van der Waals surface area contributed by atoms with Gasteiger partial charge in [0.1, 0.15) is 0 Å². The Labute approximate surface area is 126 Å². The van der Waals surface area contributed by atoms with Crippen molar-refractivity contribution in [3.63, 3.8) is 0 Å². The first-order valence-electron chi connectivity index (χ1n) is 6.21. The van der Waals surface area contributed by atoms with Crippen LogP contribution in [0.1, 0.15) is 23.7 Å². The Hall–Kier alpha value is -1.06. The van der Waals surface area contributed by atoms with Crippen LogP contribution in [0, 0.1) is 0 Å². The van der Waals surface area contributed by atoms with Crippen molar-refractivity contribution in [2.24, 2.45) is 0 Å². The molecule has 0 aliphatic carbocycles. The Balaban J connectivity index is 2.16. The van der Waals surface area contributed by atoms with Gasteiger partial charge in [-0.1, -0.05) is 35.0 Å². The van der Waals surface area contributed by atoms with E-state index in [2.05, 4.69) is 21.2 Å². The fourth-order valence-corrected chi connectivity index (χ4v) is 2.26. The van der Waals surface area contributed by atoms with Gasteiger partial charge >= 0.3 is 0 Å². The van der Waals surface area contributed by atoms with Crippen molar-refractivity contribution in [1.82, 2.24) is 5.32 Å². The average molecular weight is 341 g/mol. The number of benzene rings is 2. The van der Waals surface area contributed by atoms with Gasteiger partial charge in [-0.05, 0) is 41.5 Å². The SMILES string of the molecule is CCC(Cl)CNC(=O)c1ccc2cc(Br)ccc2c1. The quantitative estimate of drug-likeness (QED) is 0.824. The van der Waals surface area contributed by atoms with E-state index in [1.807, 2.05) is 43.3 Å². The molecule has 0 saturated heterocycles. The standard InChI is InChI=1S/C15H15BrClNO/c1-2-14(17)9-18-15(19)12-4-3-11-8-13(16)6-5-10(11)7-12/h3-8,14H,2,9H2,1H3,(H,18,19). The van der Waals surface area contributed by atoms with E-state index in [1.54, 1.807) is 0 Å². The minimum atomic E-state index is -0.0797. The zero-order valence-electron chi connectivity index (χ0n) is 10.6. The predicted octanol–water partition coefficient (Wildman–Crippen LogP) is 4.35. The van der Waals surface area contributed by atoms with Crippen LogP contribution in [0.4, 0.5) is 0 Å². The number of carbonyl (C=O) groups excluding carboxylic acids is 1. The van der Waals surface area contributed by atoms with Crippen LogP contribution in [-0.2, 0) is 0 Å². The van der Waals surface area contributed by atoms with Crippen LogP contribution >= 0.6 is 27.5 Å². The van der Waals surface area contributed by atoms with E-state index in [4.69, 9.17) is 11.6 Å². The highest BCUT2D eigenvalue weighted by atomic mass is 79.9. The second-order valence-electron chi connectivity index (χ2n) is 4.42. The number of carbonyl (C=O) groups is 1. The van der Waals surface area contributed by atoms with Gasteiger partial charge in [-0.25, -0.2) is 0 Å². The molecule has 2 aromatic carbocycles. The first-order valence-corrected chi connectivity index (χ1v) is 7.44. The number of halogens is 2. The Kier molecular flexibility index (Phi) is 4.83. The molecule has 2 aromatic rings. The molecule has 0 radical (unpaired) electrons. The van der Waals surface area contributed by atoms with E-state index in [-0.39, 0.29) is 11.3 Å². The molecule has 0 aliphatic rings. The lowest BCUT2D eigenvalue weighted by molar-refractivity contribution is 0.0953. The van der Waals surface area contributed by atoms with Crippen LogP contribution < -0.4 is 5.32 Å². The molecule has 0 spiro atoms. The molecule has 1 unspecified atom stereocenters. The molecule has 0 aliphatic heterocycles. The lowest BCUT2D eigenvalue weighted by atomic mass is 10.1. The largest absolute Gasteiger partial charge is 0.351 e. The van der Waals surface area contributed by atoms with E-state index in [1.165, 1.54) is 0 Å². The minimum absolute atomic E-state index is 0.0136. The molecule has 0 fully saturated rings. The van der Waals surface area contributed by atoms with Crippen LogP contribution in [0.25, 0.3) is 10.8 Å². The van der Waals surface area contributed by atoms with Gasteiger partial charge in [-0.15, -0.1) is 11.6 Å². The summed E-state index contributed by atoms with van der Waals surface area (Å²) in [6, 6.07) is 11.7. The molecule has 2 rings (SSSR count). The minimum Gasteiger partial charge on any atom is -0.351 e. The van der Waals surface area contributed by atoms with Crippen LogP contribution in [-0.4, -0.2) is 17.8 Å². The van der Waals surface area contributed by atoms with Crippen molar-refractivity contribution >= 4 is 44.2 Å². The Morgan fingerprint density at radius 3 is 2.68 bits per heavy atom. The fourth-order valence-electron chi connectivity index (χ4n) is 1.81. The molecule has 100 valence electrons. The van der Waals surface area contributed by atoms with Gasteiger partial charge in [0, 0.05) is 16.6 Å². The summed E-state index contributed by atoms with van der Waals surface area (Å²) in [6.45, 7) is 2.49. The predicted molar refractivity (Wildman–Crippen MR) is 83.9 cm³/mol. The normalized spacial score (nSPS) is 12.4. The van der Waals surface area contributed by atoms with Crippen molar-refractivity contribution in [2.45, 2.75) is 18.7 Å². The molecule has 1 amide bonds. The van der Waals surface area contributed by atoms with Gasteiger partial charge in [0.15, 0.2) is 0 Å². The zero-order chi connectivity index (χ0) is 13.8. The molecule has 0 saturated carbocycles. The highest BCUT2D eigenvalue weighted by Gasteiger charge is 2.08. The summed E-state index contributed by atoms with van der Waals surface area (Å²) in [5, 5.41) is 4.99. The van der Waals surface area contributed by atoms with Gasteiger partial charge in [0.2, 0.25) is 0 Å². The van der Waals surface area contributed by atoms with Gasteiger partial charge in [-0.3, -0.25) is 4.79 Å². The highest BCUT2D eigenvalue weighted by molar-refractivity contribution is 9.10. The Bertz CT molecular complexity index is 600. The van der Waals surface area contributed by atoms with E-state index in [0.29, 0.717) is 12.1 Å². The fraction of sp³-hybridized carbons (Fsp3) is 0.267. The van der Waals surface area contributed by atoms with Crippen molar-refractivity contribution in [1.29, 1.82) is 0 Å². The third kappa shape index (κ3) is 3.71. The second-order valence-corrected chi connectivity index (χ2v) is 5.95. The Morgan fingerprint density at radius 2 is 1.95 bits per heavy atom. The van der Waals surface area contributed by atoms with Crippen molar-refractivity contribution < 1.29 is 4.79 Å². The number of hydrogen-bond acceptors (Lipinski definition) is 1. The number of hydrogen-bond donors (Lipinski definition) is 1. The van der Waals surface area contributed by atoms with E-state index in [9.17, 15) is 4.79 Å². The molecule has 1 atom stereocenters. The lowest BCUT2D eigenvalue weighted by Crippen LogP contribution is -2.29. The molecule has 0 bridgehead atoms. The summed E-state index contributed by atoms with van der Waals surface area (Å²) in [5.74, 6) is -0.0797. The lowest BCUT2D eigenvalue weighted by Gasteiger charge is -2.09.